The molecule has 0 saturated carbocycles. The number of rotatable bonds is 5. The molecule has 1 N–H and O–H groups in total. The number of aryl methyl sites for hydroxylation is 1. The van der Waals surface area contributed by atoms with Crippen LogP contribution in [-0.4, -0.2) is 47.7 Å². The van der Waals surface area contributed by atoms with E-state index in [-0.39, 0.29) is 0 Å². The fraction of sp³-hybridized carbons (Fsp3) is 0.381. The molecule has 0 aliphatic carbocycles. The van der Waals surface area contributed by atoms with E-state index in [2.05, 4.69) is 46.3 Å². The lowest BCUT2D eigenvalue weighted by atomic mass is 10.1. The van der Waals surface area contributed by atoms with Gasteiger partial charge in [0.1, 0.15) is 5.75 Å². The summed E-state index contributed by atoms with van der Waals surface area (Å²) >= 11 is 5.59. The number of nitrogens with zero attached hydrogens (tertiary/aromatic N) is 2. The zero-order valence-electron chi connectivity index (χ0n) is 15.6. The minimum Gasteiger partial charge on any atom is -0.494 e. The van der Waals surface area contributed by atoms with Crippen LogP contribution in [0.15, 0.2) is 48.5 Å². The molecule has 0 radical (unpaired) electrons. The maximum atomic E-state index is 5.59. The monoisotopic (exact) mass is 369 g/mol. The SMILES string of the molecule is CCOc1ccc(NC(=S)N2CCN(Cc3ccc(C)cc3)CC2)cc1. The third-order valence-electron chi connectivity index (χ3n) is 4.60. The molecule has 4 nitrogen and oxygen atoms in total. The molecule has 2 aromatic carbocycles. The van der Waals surface area contributed by atoms with Crippen LogP contribution in [0, 0.1) is 6.92 Å². The lowest BCUT2D eigenvalue weighted by Crippen LogP contribution is -2.49. The number of piperazine rings is 1. The average Bonchev–Trinajstić information content (AvgIpc) is 2.66. The Bertz CT molecular complexity index is 707. The van der Waals surface area contributed by atoms with Gasteiger partial charge < -0.3 is 15.0 Å². The van der Waals surface area contributed by atoms with Crippen molar-refractivity contribution in [1.29, 1.82) is 0 Å². The van der Waals surface area contributed by atoms with Gasteiger partial charge in [-0.25, -0.2) is 0 Å². The normalized spacial score (nSPS) is 14.9. The van der Waals surface area contributed by atoms with E-state index in [1.54, 1.807) is 0 Å². The van der Waals surface area contributed by atoms with Crippen molar-refractivity contribution in [2.75, 3.05) is 38.1 Å². The van der Waals surface area contributed by atoms with E-state index in [4.69, 9.17) is 17.0 Å². The van der Waals surface area contributed by atoms with E-state index < -0.39 is 0 Å². The number of ether oxygens (including phenoxy) is 1. The molecule has 2 aromatic rings. The topological polar surface area (TPSA) is 27.7 Å². The van der Waals surface area contributed by atoms with Gasteiger partial charge in [0, 0.05) is 38.4 Å². The largest absolute Gasteiger partial charge is 0.494 e. The summed E-state index contributed by atoms with van der Waals surface area (Å²) in [5.41, 5.74) is 3.68. The van der Waals surface area contributed by atoms with Crippen LogP contribution in [0.4, 0.5) is 5.69 Å². The first-order chi connectivity index (χ1) is 12.6. The van der Waals surface area contributed by atoms with Gasteiger partial charge in [0.2, 0.25) is 0 Å². The molecule has 1 aliphatic rings. The third kappa shape index (κ3) is 5.19. The van der Waals surface area contributed by atoms with Crippen LogP contribution in [0.3, 0.4) is 0 Å². The van der Waals surface area contributed by atoms with Crippen molar-refractivity contribution < 1.29 is 4.74 Å². The standard InChI is InChI=1S/C21H27N3OS/c1-3-25-20-10-8-19(9-11-20)22-21(26)24-14-12-23(13-15-24)16-18-6-4-17(2)5-7-18/h4-11H,3,12-16H2,1-2H3,(H,22,26). The van der Waals surface area contributed by atoms with Crippen molar-refractivity contribution in [3.63, 3.8) is 0 Å². The number of thiocarbonyl (C=S) groups is 1. The second-order valence-corrected chi connectivity index (χ2v) is 7.02. The highest BCUT2D eigenvalue weighted by molar-refractivity contribution is 7.80. The molecule has 1 heterocycles. The van der Waals surface area contributed by atoms with Crippen LogP contribution in [0.1, 0.15) is 18.1 Å². The molecule has 3 rings (SSSR count). The summed E-state index contributed by atoms with van der Waals surface area (Å²) in [7, 11) is 0. The Morgan fingerprint density at radius 2 is 1.65 bits per heavy atom. The number of hydrogen-bond donors (Lipinski definition) is 1. The molecular weight excluding hydrogens is 342 g/mol. The maximum absolute atomic E-state index is 5.59. The summed E-state index contributed by atoms with van der Waals surface area (Å²) in [6.07, 6.45) is 0. The highest BCUT2D eigenvalue weighted by Crippen LogP contribution is 2.17. The van der Waals surface area contributed by atoms with Crippen molar-refractivity contribution in [2.45, 2.75) is 20.4 Å². The first-order valence-corrected chi connectivity index (χ1v) is 9.61. The third-order valence-corrected chi connectivity index (χ3v) is 4.96. The van der Waals surface area contributed by atoms with Gasteiger partial charge in [-0.3, -0.25) is 4.90 Å². The zero-order chi connectivity index (χ0) is 18.4. The predicted octanol–water partition coefficient (Wildman–Crippen LogP) is 3.91. The second kappa shape index (κ2) is 9.01. The number of benzene rings is 2. The molecule has 5 heteroatoms. The Hall–Kier alpha value is -2.11. The Kier molecular flexibility index (Phi) is 6.47. The van der Waals surface area contributed by atoms with Gasteiger partial charge in [0.05, 0.1) is 6.61 Å². The highest BCUT2D eigenvalue weighted by atomic mass is 32.1. The maximum Gasteiger partial charge on any atom is 0.173 e. The molecule has 1 fully saturated rings. The van der Waals surface area contributed by atoms with Gasteiger partial charge >= 0.3 is 0 Å². The minimum absolute atomic E-state index is 0.679. The van der Waals surface area contributed by atoms with Crippen LogP contribution in [0.5, 0.6) is 5.75 Å². The molecule has 0 unspecified atom stereocenters. The smallest absolute Gasteiger partial charge is 0.173 e. The lowest BCUT2D eigenvalue weighted by molar-refractivity contribution is 0.177. The summed E-state index contributed by atoms with van der Waals surface area (Å²) in [6.45, 7) is 9.76. The zero-order valence-corrected chi connectivity index (χ0v) is 16.4. The van der Waals surface area contributed by atoms with Gasteiger partial charge in [-0.05, 0) is 55.9 Å². The summed E-state index contributed by atoms with van der Waals surface area (Å²) in [6, 6.07) is 16.8. The van der Waals surface area contributed by atoms with Crippen molar-refractivity contribution in [3.8, 4) is 5.75 Å². The molecule has 0 aromatic heterocycles. The van der Waals surface area contributed by atoms with Crippen LogP contribution < -0.4 is 10.1 Å². The fourth-order valence-corrected chi connectivity index (χ4v) is 3.36. The Morgan fingerprint density at radius 3 is 2.27 bits per heavy atom. The van der Waals surface area contributed by atoms with Crippen molar-refractivity contribution in [3.05, 3.63) is 59.7 Å². The number of hydrogen-bond acceptors (Lipinski definition) is 3. The first kappa shape index (κ1) is 18.7. The van der Waals surface area contributed by atoms with Crippen molar-refractivity contribution in [1.82, 2.24) is 9.80 Å². The van der Waals surface area contributed by atoms with E-state index in [0.29, 0.717) is 6.61 Å². The van der Waals surface area contributed by atoms with Gasteiger partial charge in [-0.1, -0.05) is 29.8 Å². The summed E-state index contributed by atoms with van der Waals surface area (Å²) < 4.78 is 5.47. The van der Waals surface area contributed by atoms with Crippen molar-refractivity contribution >= 4 is 23.0 Å². The molecule has 1 saturated heterocycles. The van der Waals surface area contributed by atoms with Crippen LogP contribution >= 0.6 is 12.2 Å². The van der Waals surface area contributed by atoms with Crippen LogP contribution in [0.2, 0.25) is 0 Å². The number of anilines is 1. The van der Waals surface area contributed by atoms with E-state index in [9.17, 15) is 0 Å². The summed E-state index contributed by atoms with van der Waals surface area (Å²) in [4.78, 5) is 4.73. The Labute approximate surface area is 161 Å². The van der Waals surface area contributed by atoms with Gasteiger partial charge in [0.15, 0.2) is 5.11 Å². The molecule has 1 aliphatic heterocycles. The molecule has 0 bridgehead atoms. The van der Waals surface area contributed by atoms with Gasteiger partial charge in [-0.15, -0.1) is 0 Å². The summed E-state index contributed by atoms with van der Waals surface area (Å²) in [5.74, 6) is 0.883. The van der Waals surface area contributed by atoms with E-state index >= 15 is 0 Å². The van der Waals surface area contributed by atoms with Crippen LogP contribution in [0.25, 0.3) is 0 Å². The molecule has 0 spiro atoms. The second-order valence-electron chi connectivity index (χ2n) is 6.64. The Balaban J connectivity index is 1.46. The quantitative estimate of drug-likeness (QED) is 0.807. The summed E-state index contributed by atoms with van der Waals surface area (Å²) in [5, 5.41) is 4.13. The molecular formula is C21H27N3OS. The van der Waals surface area contributed by atoms with E-state index in [1.807, 2.05) is 31.2 Å². The molecule has 0 amide bonds. The van der Waals surface area contributed by atoms with Crippen molar-refractivity contribution in [2.24, 2.45) is 0 Å². The highest BCUT2D eigenvalue weighted by Gasteiger charge is 2.19. The van der Waals surface area contributed by atoms with E-state index in [1.165, 1.54) is 11.1 Å². The molecule has 26 heavy (non-hydrogen) atoms. The van der Waals surface area contributed by atoms with Crippen LogP contribution in [-0.2, 0) is 6.54 Å². The fourth-order valence-electron chi connectivity index (χ4n) is 3.06. The minimum atomic E-state index is 0.679. The van der Waals surface area contributed by atoms with E-state index in [0.717, 1.165) is 49.3 Å². The number of nitrogens with one attached hydrogen (secondary N) is 1. The van der Waals surface area contributed by atoms with Gasteiger partial charge in [0.25, 0.3) is 0 Å². The first-order valence-electron chi connectivity index (χ1n) is 9.21. The Morgan fingerprint density at radius 1 is 1.00 bits per heavy atom. The van der Waals surface area contributed by atoms with Gasteiger partial charge in [-0.2, -0.15) is 0 Å². The predicted molar refractivity (Wildman–Crippen MR) is 112 cm³/mol. The molecule has 0 atom stereocenters. The lowest BCUT2D eigenvalue weighted by Gasteiger charge is -2.36. The average molecular weight is 370 g/mol. The molecule has 138 valence electrons.